The molecule has 2 heteroatoms. The quantitative estimate of drug-likeness (QED) is 0.433. The predicted molar refractivity (Wildman–Crippen MR) is 38.6 cm³/mol. The summed E-state index contributed by atoms with van der Waals surface area (Å²) in [7, 11) is 0. The Kier molecular flexibility index (Phi) is 1.75. The Labute approximate surface area is 61.3 Å². The number of halogens is 1. The Bertz CT molecular complexity index is 115. The maximum Gasteiger partial charge on any atom is 0.170 e. The Morgan fingerprint density at radius 1 is 1.78 bits per heavy atom. The first-order chi connectivity index (χ1) is 4.11. The summed E-state index contributed by atoms with van der Waals surface area (Å²) in [6.07, 6.45) is 1.35. The van der Waals surface area contributed by atoms with Crippen LogP contribution in [0.5, 0.6) is 0 Å². The van der Waals surface area contributed by atoms with Gasteiger partial charge in [0.05, 0.1) is 0 Å². The van der Waals surface area contributed by atoms with Crippen LogP contribution in [0.2, 0.25) is 0 Å². The molecule has 0 aromatic rings. The highest BCUT2D eigenvalue weighted by Crippen LogP contribution is 2.47. The first kappa shape index (κ1) is 7.36. The van der Waals surface area contributed by atoms with Crippen molar-refractivity contribution < 1.29 is 4.74 Å². The molecule has 1 aliphatic rings. The van der Waals surface area contributed by atoms with Gasteiger partial charge in [0, 0.05) is 5.92 Å². The molecule has 1 saturated heterocycles. The maximum absolute atomic E-state index is 6.02. The summed E-state index contributed by atoms with van der Waals surface area (Å²) in [5.74, 6) is 0.481. The van der Waals surface area contributed by atoms with Crippen LogP contribution in [0.4, 0.5) is 0 Å². The number of hydrogen-bond donors (Lipinski definition) is 0. The Hall–Kier alpha value is 0.250. The van der Waals surface area contributed by atoms with Crippen LogP contribution in [0, 0.1) is 5.92 Å². The molecule has 0 aliphatic carbocycles. The summed E-state index contributed by atoms with van der Waals surface area (Å²) in [5, 5.41) is -0.311. The molecule has 3 unspecified atom stereocenters. The number of rotatable bonds is 2. The average molecular weight is 149 g/mol. The van der Waals surface area contributed by atoms with Crippen molar-refractivity contribution in [2.75, 3.05) is 0 Å². The molecule has 1 heterocycles. The van der Waals surface area contributed by atoms with Crippen LogP contribution in [-0.2, 0) is 4.74 Å². The van der Waals surface area contributed by atoms with Crippen LogP contribution in [-0.4, -0.2) is 11.2 Å². The third-order valence-electron chi connectivity index (χ3n) is 2.14. The molecule has 0 spiro atoms. The van der Waals surface area contributed by atoms with Gasteiger partial charge in [-0.3, -0.25) is 0 Å². The fraction of sp³-hybridized carbons (Fsp3) is 1.00. The molecule has 1 aliphatic heterocycles. The number of hydrogen-bond acceptors (Lipinski definition) is 1. The lowest BCUT2D eigenvalue weighted by Gasteiger charge is -2.10. The predicted octanol–water partition coefficient (Wildman–Crippen LogP) is 2.39. The zero-order valence-corrected chi connectivity index (χ0v) is 6.90. The molecule has 9 heavy (non-hydrogen) atoms. The topological polar surface area (TPSA) is 12.5 Å². The molecule has 0 aromatic carbocycles. The zero-order valence-electron chi connectivity index (χ0n) is 6.15. The molecule has 0 N–H and O–H groups in total. The molecular formula is C7H13ClO. The van der Waals surface area contributed by atoms with Crippen LogP contribution >= 0.6 is 11.6 Å². The minimum atomic E-state index is -0.311. The van der Waals surface area contributed by atoms with Gasteiger partial charge >= 0.3 is 0 Å². The number of ether oxygens (including phenoxy) is 1. The van der Waals surface area contributed by atoms with E-state index in [2.05, 4.69) is 13.8 Å². The molecule has 1 nitrogen and oxygen atoms in total. The van der Waals surface area contributed by atoms with Crippen molar-refractivity contribution in [3.05, 3.63) is 0 Å². The summed E-state index contributed by atoms with van der Waals surface area (Å²) in [4.78, 5) is 0. The Morgan fingerprint density at radius 2 is 2.22 bits per heavy atom. The molecule has 1 fully saturated rings. The van der Waals surface area contributed by atoms with Crippen LogP contribution in [0.3, 0.4) is 0 Å². The van der Waals surface area contributed by atoms with Crippen molar-refractivity contribution in [3.63, 3.8) is 0 Å². The van der Waals surface area contributed by atoms with Crippen molar-refractivity contribution in [2.45, 2.75) is 38.4 Å². The molecule has 0 radical (unpaired) electrons. The molecule has 0 amide bonds. The first-order valence-corrected chi connectivity index (χ1v) is 3.85. The van der Waals surface area contributed by atoms with Gasteiger partial charge in [0.15, 0.2) is 5.06 Å². The molecule has 1 rings (SSSR count). The van der Waals surface area contributed by atoms with Crippen molar-refractivity contribution in [1.82, 2.24) is 0 Å². The molecule has 0 saturated carbocycles. The molecule has 54 valence electrons. The Balaban J connectivity index is 2.43. The van der Waals surface area contributed by atoms with Gasteiger partial charge in [-0.05, 0) is 13.3 Å². The zero-order chi connectivity index (χ0) is 7.07. The van der Waals surface area contributed by atoms with E-state index in [1.165, 1.54) is 0 Å². The smallest absolute Gasteiger partial charge is 0.170 e. The lowest BCUT2D eigenvalue weighted by Crippen LogP contribution is -2.15. The van der Waals surface area contributed by atoms with Gasteiger partial charge in [0.1, 0.15) is 6.10 Å². The van der Waals surface area contributed by atoms with Crippen molar-refractivity contribution in [1.29, 1.82) is 0 Å². The van der Waals surface area contributed by atoms with Crippen LogP contribution < -0.4 is 0 Å². The van der Waals surface area contributed by atoms with Crippen LogP contribution in [0.25, 0.3) is 0 Å². The third kappa shape index (κ3) is 1.08. The van der Waals surface area contributed by atoms with Gasteiger partial charge in [-0.2, -0.15) is 0 Å². The van der Waals surface area contributed by atoms with Gasteiger partial charge in [-0.15, -0.1) is 0 Å². The fourth-order valence-electron chi connectivity index (χ4n) is 1.03. The van der Waals surface area contributed by atoms with E-state index in [1.54, 1.807) is 0 Å². The lowest BCUT2D eigenvalue weighted by atomic mass is 10.0. The summed E-state index contributed by atoms with van der Waals surface area (Å²) < 4.78 is 5.22. The second-order valence-electron chi connectivity index (χ2n) is 2.77. The van der Waals surface area contributed by atoms with Gasteiger partial charge < -0.3 is 4.74 Å². The highest BCUT2D eigenvalue weighted by molar-refractivity contribution is 6.25. The minimum absolute atomic E-state index is 0.258. The van der Waals surface area contributed by atoms with Gasteiger partial charge in [-0.1, -0.05) is 25.4 Å². The van der Waals surface area contributed by atoms with E-state index in [1.807, 2.05) is 6.92 Å². The second-order valence-corrected chi connectivity index (χ2v) is 3.36. The lowest BCUT2D eigenvalue weighted by molar-refractivity contribution is 0.295. The number of alkyl halides is 1. The second kappa shape index (κ2) is 2.14. The highest BCUT2D eigenvalue weighted by atomic mass is 35.5. The average Bonchev–Trinajstić information content (AvgIpc) is 2.41. The van der Waals surface area contributed by atoms with Crippen LogP contribution in [0.15, 0.2) is 0 Å². The SMILES string of the molecule is CCC(C)C1(Cl)OC1C. The van der Waals surface area contributed by atoms with E-state index in [-0.39, 0.29) is 11.2 Å². The van der Waals surface area contributed by atoms with E-state index in [9.17, 15) is 0 Å². The summed E-state index contributed by atoms with van der Waals surface area (Å²) in [6.45, 7) is 6.26. The van der Waals surface area contributed by atoms with E-state index in [4.69, 9.17) is 16.3 Å². The van der Waals surface area contributed by atoms with Crippen molar-refractivity contribution in [2.24, 2.45) is 5.92 Å². The van der Waals surface area contributed by atoms with Crippen LogP contribution in [0.1, 0.15) is 27.2 Å². The van der Waals surface area contributed by atoms with Gasteiger partial charge in [-0.25, -0.2) is 0 Å². The fourth-order valence-corrected chi connectivity index (χ4v) is 1.32. The van der Waals surface area contributed by atoms with E-state index < -0.39 is 0 Å². The first-order valence-electron chi connectivity index (χ1n) is 3.48. The highest BCUT2D eigenvalue weighted by Gasteiger charge is 2.55. The number of epoxide rings is 1. The van der Waals surface area contributed by atoms with Crippen molar-refractivity contribution >= 4 is 11.6 Å². The van der Waals surface area contributed by atoms with Gasteiger partial charge in [0.2, 0.25) is 0 Å². The van der Waals surface area contributed by atoms with E-state index in [0.29, 0.717) is 5.92 Å². The largest absolute Gasteiger partial charge is 0.349 e. The van der Waals surface area contributed by atoms with E-state index >= 15 is 0 Å². The van der Waals surface area contributed by atoms with Crippen molar-refractivity contribution in [3.8, 4) is 0 Å². The maximum atomic E-state index is 6.02. The molecule has 0 bridgehead atoms. The summed E-state index contributed by atoms with van der Waals surface area (Å²) in [6, 6.07) is 0. The van der Waals surface area contributed by atoms with E-state index in [0.717, 1.165) is 6.42 Å². The minimum Gasteiger partial charge on any atom is -0.349 e. The standard InChI is InChI=1S/C7H13ClO/c1-4-5(2)7(8)6(3)9-7/h5-6H,4H2,1-3H3. The normalized spacial score (nSPS) is 44.7. The molecule has 3 atom stereocenters. The summed E-state index contributed by atoms with van der Waals surface area (Å²) >= 11 is 6.02. The summed E-state index contributed by atoms with van der Waals surface area (Å²) in [5.41, 5.74) is 0. The molecule has 0 aromatic heterocycles. The molecular weight excluding hydrogens is 136 g/mol. The van der Waals surface area contributed by atoms with Gasteiger partial charge in [0.25, 0.3) is 0 Å². The monoisotopic (exact) mass is 148 g/mol. The third-order valence-corrected chi connectivity index (χ3v) is 2.91. The Morgan fingerprint density at radius 3 is 2.33 bits per heavy atom.